The van der Waals surface area contributed by atoms with Crippen LogP contribution in [0.4, 0.5) is 5.69 Å². The first-order valence-corrected chi connectivity index (χ1v) is 21.7. The molecule has 1 heterocycles. The minimum absolute atomic E-state index is 0.118. The predicted molar refractivity (Wildman–Crippen MR) is 144 cm³/mol. The summed E-state index contributed by atoms with van der Waals surface area (Å²) in [7, 11) is 0. The Morgan fingerprint density at radius 2 is 1.74 bits per heavy atom. The van der Waals surface area contributed by atoms with Crippen LogP contribution in [0.5, 0.6) is 5.75 Å². The van der Waals surface area contributed by atoms with Gasteiger partial charge in [-0.3, -0.25) is 0 Å². The Hall–Kier alpha value is -2.80. The monoisotopic (exact) mass is 566 g/mol. The molecule has 0 bridgehead atoms. The second kappa shape index (κ2) is 11.1. The van der Waals surface area contributed by atoms with E-state index in [9.17, 15) is 9.59 Å². The molecule has 0 radical (unpaired) electrons. The molecule has 3 rings (SSSR count). The summed E-state index contributed by atoms with van der Waals surface area (Å²) >= 11 is -2.20. The van der Waals surface area contributed by atoms with Gasteiger partial charge in [0.05, 0.1) is 6.61 Å². The third kappa shape index (κ3) is 5.81. The minimum atomic E-state index is -2.20. The van der Waals surface area contributed by atoms with Gasteiger partial charge in [-0.2, -0.15) is 0 Å². The standard InChI is InChI=1S/C25H25N2O3.3CH3.Sn/c1-4-6-8-13-21-18(3)19(14-15-23(21)30-16-5-2)17-22-24(28)26-27(25(22)29)20-11-9-7-10-12-20;;;;/h4,6,8-15,17H,5,16H2,1-3H3,(H,26,28);3*1H3;/b6-4-,13-8-,22-17-;;;;. The molecular formula is C28H34N2O3Sn. The number of carbonyl (C=O) groups is 2. The normalized spacial score (nSPS) is 15.7. The molecule has 0 saturated carbocycles. The molecule has 0 spiro atoms. The van der Waals surface area contributed by atoms with Crippen molar-refractivity contribution in [2.75, 3.05) is 11.6 Å². The third-order valence-corrected chi connectivity index (χ3v) is 11.6. The van der Waals surface area contributed by atoms with Gasteiger partial charge >= 0.3 is 158 Å². The van der Waals surface area contributed by atoms with E-state index in [0.29, 0.717) is 12.3 Å². The molecule has 1 fully saturated rings. The number of carbonyl (C=O) groups excluding carboxylic acids is 2. The van der Waals surface area contributed by atoms with Crippen molar-refractivity contribution in [2.24, 2.45) is 0 Å². The van der Waals surface area contributed by atoms with Crippen molar-refractivity contribution in [3.63, 3.8) is 0 Å². The van der Waals surface area contributed by atoms with Crippen LogP contribution < -0.4 is 18.8 Å². The first kappa shape index (κ1) is 25.8. The van der Waals surface area contributed by atoms with E-state index in [-0.39, 0.29) is 11.5 Å². The van der Waals surface area contributed by atoms with Crippen molar-refractivity contribution in [3.05, 3.63) is 76.9 Å². The molecule has 2 aromatic rings. The third-order valence-electron chi connectivity index (χ3n) is 5.73. The van der Waals surface area contributed by atoms with Crippen LogP contribution >= 0.6 is 0 Å². The molecule has 2 aromatic carbocycles. The fourth-order valence-corrected chi connectivity index (χ4v) is 7.02. The van der Waals surface area contributed by atoms with E-state index in [1.807, 2.05) is 62.4 Å². The van der Waals surface area contributed by atoms with Crippen molar-refractivity contribution < 1.29 is 14.3 Å². The van der Waals surface area contributed by atoms with Gasteiger partial charge in [-0.15, -0.1) is 0 Å². The SMILES string of the molecule is C/C=C\C=C/c1c(OCCC)ccc(/C=C2/C(=O)NN(c3cc[c]([Sn]([CH3])([CH3])[CH3])cc3)C2=O)c1C. The second-order valence-electron chi connectivity index (χ2n) is 9.36. The quantitative estimate of drug-likeness (QED) is 0.203. The summed E-state index contributed by atoms with van der Waals surface area (Å²) in [6.07, 6.45) is 10.4. The van der Waals surface area contributed by atoms with Crippen LogP contribution in [0.25, 0.3) is 12.2 Å². The van der Waals surface area contributed by atoms with Crippen molar-refractivity contribution in [2.45, 2.75) is 42.0 Å². The number of allylic oxidation sites excluding steroid dienone is 3. The summed E-state index contributed by atoms with van der Waals surface area (Å²) in [6, 6.07) is 11.8. The number of benzene rings is 2. The van der Waals surface area contributed by atoms with Crippen LogP contribution in [0.2, 0.25) is 14.8 Å². The summed E-state index contributed by atoms with van der Waals surface area (Å²) in [5.41, 5.74) is 6.18. The predicted octanol–water partition coefficient (Wildman–Crippen LogP) is 5.38. The summed E-state index contributed by atoms with van der Waals surface area (Å²) < 4.78 is 7.29. The Labute approximate surface area is 207 Å². The number of nitrogens with one attached hydrogen (secondary N) is 1. The van der Waals surface area contributed by atoms with E-state index in [1.165, 1.54) is 8.59 Å². The topological polar surface area (TPSA) is 58.6 Å². The molecule has 1 aliphatic rings. The van der Waals surface area contributed by atoms with E-state index < -0.39 is 24.3 Å². The molecule has 34 heavy (non-hydrogen) atoms. The fraction of sp³-hybridized carbons (Fsp3) is 0.286. The Kier molecular flexibility index (Phi) is 8.41. The van der Waals surface area contributed by atoms with Gasteiger partial charge in [0.1, 0.15) is 0 Å². The number of hydrogen-bond donors (Lipinski definition) is 1. The summed E-state index contributed by atoms with van der Waals surface area (Å²) in [6.45, 7) is 6.63. The summed E-state index contributed by atoms with van der Waals surface area (Å²) in [4.78, 5) is 32.9. The van der Waals surface area contributed by atoms with E-state index in [2.05, 4.69) is 39.3 Å². The molecule has 0 aliphatic carbocycles. The van der Waals surface area contributed by atoms with Crippen molar-refractivity contribution in [1.29, 1.82) is 0 Å². The second-order valence-corrected chi connectivity index (χ2v) is 23.9. The molecule has 178 valence electrons. The molecule has 5 nitrogen and oxygen atoms in total. The van der Waals surface area contributed by atoms with Gasteiger partial charge in [0.15, 0.2) is 0 Å². The number of ether oxygens (including phenoxy) is 1. The zero-order chi connectivity index (χ0) is 24.9. The number of hydrogen-bond acceptors (Lipinski definition) is 3. The average molecular weight is 565 g/mol. The molecule has 0 atom stereocenters. The first-order valence-electron chi connectivity index (χ1n) is 11.7. The Balaban J connectivity index is 1.95. The Morgan fingerprint density at radius 3 is 2.35 bits per heavy atom. The van der Waals surface area contributed by atoms with Crippen molar-refractivity contribution in [3.8, 4) is 5.75 Å². The van der Waals surface area contributed by atoms with Gasteiger partial charge in [-0.25, -0.2) is 0 Å². The molecule has 0 aromatic heterocycles. The molecule has 1 saturated heterocycles. The van der Waals surface area contributed by atoms with Gasteiger partial charge < -0.3 is 4.74 Å². The van der Waals surface area contributed by atoms with E-state index in [4.69, 9.17) is 4.74 Å². The summed E-state index contributed by atoms with van der Waals surface area (Å²) in [5.74, 6) is 0.0323. The van der Waals surface area contributed by atoms with Crippen LogP contribution in [0, 0.1) is 6.92 Å². The van der Waals surface area contributed by atoms with Gasteiger partial charge in [0.25, 0.3) is 0 Å². The number of nitrogens with zero attached hydrogens (tertiary/aromatic N) is 1. The average Bonchev–Trinajstić information content (AvgIpc) is 3.08. The van der Waals surface area contributed by atoms with Crippen LogP contribution in [-0.4, -0.2) is 36.8 Å². The maximum absolute atomic E-state index is 13.2. The molecule has 2 amide bonds. The van der Waals surface area contributed by atoms with Gasteiger partial charge in [0, 0.05) is 0 Å². The molecule has 1 N–H and O–H groups in total. The summed E-state index contributed by atoms with van der Waals surface area (Å²) in [5, 5.41) is 1.33. The zero-order valence-electron chi connectivity index (χ0n) is 20.9. The van der Waals surface area contributed by atoms with Gasteiger partial charge in [-0.05, 0) is 13.3 Å². The molecule has 6 heteroatoms. The molecular weight excluding hydrogens is 531 g/mol. The van der Waals surface area contributed by atoms with Gasteiger partial charge in [0.2, 0.25) is 0 Å². The number of anilines is 1. The van der Waals surface area contributed by atoms with E-state index in [1.54, 1.807) is 6.08 Å². The van der Waals surface area contributed by atoms with Crippen LogP contribution in [0.1, 0.15) is 37.0 Å². The Morgan fingerprint density at radius 1 is 1.03 bits per heavy atom. The van der Waals surface area contributed by atoms with Gasteiger partial charge in [-0.1, -0.05) is 25.2 Å². The van der Waals surface area contributed by atoms with E-state index in [0.717, 1.165) is 28.9 Å². The van der Waals surface area contributed by atoms with Crippen molar-refractivity contribution >= 4 is 51.6 Å². The van der Waals surface area contributed by atoms with Crippen LogP contribution in [0.3, 0.4) is 0 Å². The number of rotatable bonds is 8. The first-order chi connectivity index (χ1) is 16.2. The van der Waals surface area contributed by atoms with Crippen LogP contribution in [0.15, 0.2) is 60.2 Å². The van der Waals surface area contributed by atoms with Crippen LogP contribution in [-0.2, 0) is 9.59 Å². The number of amides is 2. The van der Waals surface area contributed by atoms with E-state index >= 15 is 0 Å². The zero-order valence-corrected chi connectivity index (χ0v) is 23.8. The maximum atomic E-state index is 13.2. The molecule has 1 aliphatic heterocycles. The number of hydrazine groups is 1. The fourth-order valence-electron chi connectivity index (χ4n) is 3.69. The molecule has 0 unspecified atom stereocenters. The van der Waals surface area contributed by atoms with Crippen molar-refractivity contribution in [1.82, 2.24) is 5.43 Å². The Bertz CT molecular complexity index is 1160.